The van der Waals surface area contributed by atoms with E-state index in [1.807, 2.05) is 84.9 Å². The molecule has 184 valence electrons. The Morgan fingerprint density at radius 2 is 1.61 bits per heavy atom. The number of hydrogen-bond acceptors (Lipinski definition) is 5. The lowest BCUT2D eigenvalue weighted by atomic mass is 9.83. The number of para-hydroxylation sites is 2. The Morgan fingerprint density at radius 1 is 0.972 bits per heavy atom. The normalized spacial score (nSPS) is 20.7. The van der Waals surface area contributed by atoms with Gasteiger partial charge in [0.1, 0.15) is 13.2 Å². The molecule has 3 aromatic carbocycles. The summed E-state index contributed by atoms with van der Waals surface area (Å²) in [5.41, 5.74) is 0.278. The van der Waals surface area contributed by atoms with Crippen molar-refractivity contribution in [3.05, 3.63) is 96.1 Å². The van der Waals surface area contributed by atoms with E-state index in [-0.39, 0.29) is 31.5 Å². The molecule has 8 heteroatoms. The van der Waals surface area contributed by atoms with E-state index in [4.69, 9.17) is 9.47 Å². The second-order valence-electron chi connectivity index (χ2n) is 9.03. The Hall–Kier alpha value is -4.33. The van der Waals surface area contributed by atoms with Crippen LogP contribution in [0.4, 0.5) is 4.79 Å². The third-order valence-corrected chi connectivity index (χ3v) is 6.52. The Kier molecular flexibility index (Phi) is 6.33. The zero-order valence-corrected chi connectivity index (χ0v) is 19.9. The van der Waals surface area contributed by atoms with Gasteiger partial charge in [0.05, 0.1) is 6.54 Å². The van der Waals surface area contributed by atoms with Crippen LogP contribution in [-0.2, 0) is 21.5 Å². The van der Waals surface area contributed by atoms with Gasteiger partial charge < -0.3 is 19.7 Å². The van der Waals surface area contributed by atoms with E-state index in [1.165, 1.54) is 4.90 Å². The number of carbonyl (C=O) groups is 3. The fourth-order valence-electron chi connectivity index (χ4n) is 4.63. The first-order valence-electron chi connectivity index (χ1n) is 11.8. The summed E-state index contributed by atoms with van der Waals surface area (Å²) in [4.78, 5) is 42.3. The summed E-state index contributed by atoms with van der Waals surface area (Å²) in [5.74, 6) is 0.468. The highest BCUT2D eigenvalue weighted by Crippen LogP contribution is 2.33. The summed E-state index contributed by atoms with van der Waals surface area (Å²) in [7, 11) is 1.62. The van der Waals surface area contributed by atoms with Gasteiger partial charge in [-0.05, 0) is 23.3 Å². The molecule has 3 aromatic rings. The first kappa shape index (κ1) is 23.4. The molecule has 2 heterocycles. The van der Waals surface area contributed by atoms with Gasteiger partial charge in [0.2, 0.25) is 5.91 Å². The van der Waals surface area contributed by atoms with E-state index < -0.39 is 17.5 Å². The molecule has 2 unspecified atom stereocenters. The van der Waals surface area contributed by atoms with E-state index in [1.54, 1.807) is 7.05 Å². The van der Waals surface area contributed by atoms with Crippen LogP contribution in [0.15, 0.2) is 84.9 Å². The number of hydrogen-bond donors (Lipinski definition) is 1. The third kappa shape index (κ3) is 4.49. The van der Waals surface area contributed by atoms with Gasteiger partial charge in [0.15, 0.2) is 23.1 Å². The summed E-state index contributed by atoms with van der Waals surface area (Å²) in [5, 5.41) is 2.89. The zero-order valence-electron chi connectivity index (χ0n) is 19.9. The minimum absolute atomic E-state index is 0.255. The Morgan fingerprint density at radius 3 is 2.33 bits per heavy atom. The fraction of sp³-hybridized carbons (Fsp3) is 0.250. The van der Waals surface area contributed by atoms with Crippen LogP contribution in [0.2, 0.25) is 0 Å². The third-order valence-electron chi connectivity index (χ3n) is 6.52. The number of amides is 4. The molecule has 0 spiro atoms. The lowest BCUT2D eigenvalue weighted by molar-refractivity contribution is -0.139. The van der Waals surface area contributed by atoms with Gasteiger partial charge >= 0.3 is 6.03 Å². The van der Waals surface area contributed by atoms with Crippen molar-refractivity contribution in [3.63, 3.8) is 0 Å². The first-order chi connectivity index (χ1) is 17.5. The van der Waals surface area contributed by atoms with Crippen molar-refractivity contribution >= 4 is 17.8 Å². The van der Waals surface area contributed by atoms with Crippen molar-refractivity contribution in [2.45, 2.75) is 18.1 Å². The topological polar surface area (TPSA) is 88.2 Å². The van der Waals surface area contributed by atoms with E-state index in [2.05, 4.69) is 5.32 Å². The van der Waals surface area contributed by atoms with Crippen LogP contribution in [0.5, 0.6) is 11.5 Å². The summed E-state index contributed by atoms with van der Waals surface area (Å²) in [6, 6.07) is 25.4. The van der Waals surface area contributed by atoms with Crippen LogP contribution in [0.1, 0.15) is 11.1 Å². The van der Waals surface area contributed by atoms with E-state index in [0.717, 1.165) is 10.5 Å². The van der Waals surface area contributed by atoms with Crippen molar-refractivity contribution in [2.75, 3.05) is 26.7 Å². The van der Waals surface area contributed by atoms with Crippen molar-refractivity contribution in [2.24, 2.45) is 0 Å². The molecule has 1 saturated heterocycles. The highest BCUT2D eigenvalue weighted by Gasteiger charge is 2.52. The maximum atomic E-state index is 13.8. The molecule has 0 aliphatic carbocycles. The summed E-state index contributed by atoms with van der Waals surface area (Å²) in [6.07, 6.45) is -0.0891. The number of carbonyl (C=O) groups excluding carboxylic acids is 3. The highest BCUT2D eigenvalue weighted by atomic mass is 16.6. The van der Waals surface area contributed by atoms with Crippen LogP contribution >= 0.6 is 0 Å². The molecule has 36 heavy (non-hydrogen) atoms. The number of nitrogens with zero attached hydrogens (tertiary/aromatic N) is 2. The molecular formula is C28H27N3O5. The lowest BCUT2D eigenvalue weighted by Crippen LogP contribution is -2.48. The van der Waals surface area contributed by atoms with Crippen LogP contribution in [0.25, 0.3) is 0 Å². The second-order valence-corrected chi connectivity index (χ2v) is 9.03. The molecule has 8 nitrogen and oxygen atoms in total. The van der Waals surface area contributed by atoms with Crippen molar-refractivity contribution in [3.8, 4) is 11.5 Å². The van der Waals surface area contributed by atoms with Gasteiger partial charge in [-0.1, -0.05) is 72.8 Å². The predicted molar refractivity (Wildman–Crippen MR) is 133 cm³/mol. The molecule has 2 aliphatic heterocycles. The fourth-order valence-corrected chi connectivity index (χ4v) is 4.63. The molecule has 2 aliphatic rings. The quantitative estimate of drug-likeness (QED) is 0.520. The largest absolute Gasteiger partial charge is 0.486 e. The minimum Gasteiger partial charge on any atom is -0.486 e. The van der Waals surface area contributed by atoms with Gasteiger partial charge in [-0.25, -0.2) is 4.79 Å². The standard InChI is InChI=1S/C28H27N3O5/c1-30(17-22-19-35-23-14-8-9-15-24(23)36-22)25(32)18-31-26(33)28(29-27(31)34,21-12-6-3-7-13-21)16-20-10-4-2-5-11-20/h2-15,22H,16-19H2,1H3,(H,29,34). The average molecular weight is 486 g/mol. The number of rotatable bonds is 7. The monoisotopic (exact) mass is 485 g/mol. The van der Waals surface area contributed by atoms with Crippen LogP contribution in [0.3, 0.4) is 0 Å². The molecule has 5 rings (SSSR count). The number of fused-ring (bicyclic) bond motifs is 1. The van der Waals surface area contributed by atoms with Crippen LogP contribution in [0, 0.1) is 0 Å². The molecule has 0 bridgehead atoms. The Bertz CT molecular complexity index is 1270. The number of benzene rings is 3. The molecule has 1 N–H and O–H groups in total. The maximum absolute atomic E-state index is 13.8. The van der Waals surface area contributed by atoms with Crippen LogP contribution < -0.4 is 14.8 Å². The number of urea groups is 1. The van der Waals surface area contributed by atoms with Crippen molar-refractivity contribution < 1.29 is 23.9 Å². The van der Waals surface area contributed by atoms with E-state index in [0.29, 0.717) is 23.7 Å². The highest BCUT2D eigenvalue weighted by molar-refractivity contribution is 6.09. The molecule has 4 amide bonds. The second kappa shape index (κ2) is 9.73. The van der Waals surface area contributed by atoms with Crippen LogP contribution in [-0.4, -0.2) is 60.5 Å². The van der Waals surface area contributed by atoms with E-state index >= 15 is 0 Å². The molecule has 1 fully saturated rings. The zero-order chi connectivity index (χ0) is 25.1. The van der Waals surface area contributed by atoms with Crippen molar-refractivity contribution in [1.29, 1.82) is 0 Å². The molecule has 0 radical (unpaired) electrons. The van der Waals surface area contributed by atoms with Gasteiger partial charge in [-0.15, -0.1) is 0 Å². The summed E-state index contributed by atoms with van der Waals surface area (Å²) in [6.45, 7) is 0.186. The Labute approximate surface area is 209 Å². The SMILES string of the molecule is CN(CC1COc2ccccc2O1)C(=O)CN1C(=O)NC(Cc2ccccc2)(c2ccccc2)C1=O. The summed E-state index contributed by atoms with van der Waals surface area (Å²) >= 11 is 0. The molecule has 0 aromatic heterocycles. The maximum Gasteiger partial charge on any atom is 0.325 e. The average Bonchev–Trinajstić information content (AvgIpc) is 3.14. The number of nitrogens with one attached hydrogen (secondary N) is 1. The molecule has 0 saturated carbocycles. The minimum atomic E-state index is -1.29. The summed E-state index contributed by atoms with van der Waals surface area (Å²) < 4.78 is 11.7. The first-order valence-corrected chi connectivity index (χ1v) is 11.8. The molecule has 2 atom stereocenters. The van der Waals surface area contributed by atoms with E-state index in [9.17, 15) is 14.4 Å². The van der Waals surface area contributed by atoms with Crippen molar-refractivity contribution in [1.82, 2.24) is 15.1 Å². The Balaban J connectivity index is 1.31. The smallest absolute Gasteiger partial charge is 0.325 e. The number of ether oxygens (including phenoxy) is 2. The molecular weight excluding hydrogens is 458 g/mol. The van der Waals surface area contributed by atoms with Gasteiger partial charge in [0.25, 0.3) is 5.91 Å². The van der Waals surface area contributed by atoms with Gasteiger partial charge in [-0.2, -0.15) is 0 Å². The van der Waals surface area contributed by atoms with Gasteiger partial charge in [-0.3, -0.25) is 14.5 Å². The predicted octanol–water partition coefficient (Wildman–Crippen LogP) is 2.97. The van der Waals surface area contributed by atoms with Gasteiger partial charge in [0, 0.05) is 13.5 Å². The lowest BCUT2D eigenvalue weighted by Gasteiger charge is -2.30. The number of imide groups is 1. The number of likely N-dealkylation sites (N-methyl/N-ethyl adjacent to an activating group) is 1.